The van der Waals surface area contributed by atoms with E-state index in [1.54, 1.807) is 0 Å². The molecule has 0 N–H and O–H groups in total. The second kappa shape index (κ2) is 9.22. The Balaban J connectivity index is 2.50. The molecule has 15 heteroatoms. The summed E-state index contributed by atoms with van der Waals surface area (Å²) in [5.74, 6) is -0.0631. The summed E-state index contributed by atoms with van der Waals surface area (Å²) in [6.07, 6.45) is 7.07. The van der Waals surface area contributed by atoms with Crippen LogP contribution in [0.3, 0.4) is 0 Å². The van der Waals surface area contributed by atoms with Crippen molar-refractivity contribution in [3.05, 3.63) is 39.5 Å². The SMILES string of the molecule is CS(C)(C)CCOCn1ncc([N+](=O)[O-])c1-c1cc(Cl)ccc1OS(=O)(=O)C(F)(F)F. The van der Waals surface area contributed by atoms with Gasteiger partial charge in [0.15, 0.2) is 11.4 Å². The highest BCUT2D eigenvalue weighted by atomic mass is 35.5. The van der Waals surface area contributed by atoms with Crippen molar-refractivity contribution in [2.24, 2.45) is 0 Å². The van der Waals surface area contributed by atoms with Gasteiger partial charge in [-0.3, -0.25) is 10.1 Å². The molecule has 9 nitrogen and oxygen atoms in total. The van der Waals surface area contributed by atoms with Gasteiger partial charge in [0, 0.05) is 10.8 Å². The predicted octanol–water partition coefficient (Wildman–Crippen LogP) is 4.01. The lowest BCUT2D eigenvalue weighted by atomic mass is 10.1. The van der Waals surface area contributed by atoms with E-state index >= 15 is 0 Å². The summed E-state index contributed by atoms with van der Waals surface area (Å²) in [6, 6.07) is 3.00. The fourth-order valence-corrected chi connectivity index (χ4v) is 3.54. The van der Waals surface area contributed by atoms with Crippen molar-refractivity contribution in [3.63, 3.8) is 0 Å². The van der Waals surface area contributed by atoms with Crippen molar-refractivity contribution in [1.82, 2.24) is 9.78 Å². The van der Waals surface area contributed by atoms with E-state index in [0.717, 1.165) is 34.8 Å². The predicted molar refractivity (Wildman–Crippen MR) is 111 cm³/mol. The average Bonchev–Trinajstić information content (AvgIpc) is 3.02. The summed E-state index contributed by atoms with van der Waals surface area (Å²) in [4.78, 5) is 10.6. The molecule has 0 bridgehead atoms. The Hall–Kier alpha value is -2.03. The van der Waals surface area contributed by atoms with Gasteiger partial charge in [0.2, 0.25) is 0 Å². The minimum Gasteiger partial charge on any atom is -0.375 e. The zero-order valence-corrected chi connectivity index (χ0v) is 18.9. The molecule has 0 aliphatic heterocycles. The molecule has 0 unspecified atom stereocenters. The van der Waals surface area contributed by atoms with Crippen molar-refractivity contribution in [2.45, 2.75) is 12.2 Å². The third kappa shape index (κ3) is 6.48. The quantitative estimate of drug-likeness (QED) is 0.166. The Morgan fingerprint density at radius 3 is 2.45 bits per heavy atom. The van der Waals surface area contributed by atoms with Crippen molar-refractivity contribution in [2.75, 3.05) is 31.1 Å². The number of hydrogen-bond acceptors (Lipinski definition) is 7. The van der Waals surface area contributed by atoms with Crippen LogP contribution in [-0.4, -0.2) is 59.8 Å². The number of ether oxygens (including phenoxy) is 1. The van der Waals surface area contributed by atoms with Crippen LogP contribution >= 0.6 is 21.6 Å². The van der Waals surface area contributed by atoms with Gasteiger partial charge in [-0.25, -0.2) is 14.7 Å². The Kier molecular flexibility index (Phi) is 7.51. The zero-order chi connectivity index (χ0) is 23.6. The molecule has 0 spiro atoms. The summed E-state index contributed by atoms with van der Waals surface area (Å²) in [6.45, 7) is 0.0456. The third-order valence-electron chi connectivity index (χ3n) is 3.75. The first kappa shape index (κ1) is 25.2. The van der Waals surface area contributed by atoms with Crippen molar-refractivity contribution < 1.29 is 35.4 Å². The molecule has 0 amide bonds. The van der Waals surface area contributed by atoms with Gasteiger partial charge in [-0.1, -0.05) is 11.6 Å². The maximum atomic E-state index is 12.8. The Bertz CT molecular complexity index is 1070. The fourth-order valence-electron chi connectivity index (χ4n) is 2.27. The highest BCUT2D eigenvalue weighted by Gasteiger charge is 2.49. The second-order valence-electron chi connectivity index (χ2n) is 7.09. The number of hydrogen-bond donors (Lipinski definition) is 0. The number of aromatic nitrogens is 2. The first-order chi connectivity index (χ1) is 14.1. The van der Waals surface area contributed by atoms with E-state index in [1.807, 2.05) is 0 Å². The lowest BCUT2D eigenvalue weighted by molar-refractivity contribution is -0.384. The number of nitrogens with zero attached hydrogens (tertiary/aromatic N) is 3. The lowest BCUT2D eigenvalue weighted by Gasteiger charge is -2.24. The monoisotopic (exact) mass is 505 g/mol. The number of alkyl halides is 3. The third-order valence-corrected chi connectivity index (χ3v) is 6.34. The molecule has 0 fully saturated rings. The molecule has 1 aromatic heterocycles. The van der Waals surface area contributed by atoms with E-state index in [9.17, 15) is 31.7 Å². The first-order valence-corrected chi connectivity index (χ1v) is 13.2. The van der Waals surface area contributed by atoms with Gasteiger partial charge < -0.3 is 8.92 Å². The van der Waals surface area contributed by atoms with Crippen LogP contribution < -0.4 is 4.18 Å². The van der Waals surface area contributed by atoms with E-state index in [4.69, 9.17) is 16.3 Å². The molecule has 0 aliphatic rings. The molecule has 1 aromatic carbocycles. The van der Waals surface area contributed by atoms with Gasteiger partial charge >= 0.3 is 21.3 Å². The van der Waals surface area contributed by atoms with Crippen LogP contribution in [-0.2, 0) is 21.6 Å². The molecule has 0 saturated carbocycles. The summed E-state index contributed by atoms with van der Waals surface area (Å²) < 4.78 is 72.0. The lowest BCUT2D eigenvalue weighted by Crippen LogP contribution is -2.28. The Morgan fingerprint density at radius 1 is 1.26 bits per heavy atom. The molecule has 31 heavy (non-hydrogen) atoms. The molecule has 2 rings (SSSR count). The Labute approximate surface area is 182 Å². The van der Waals surface area contributed by atoms with E-state index in [0.29, 0.717) is 6.61 Å². The highest BCUT2D eigenvalue weighted by molar-refractivity contribution is 8.32. The second-order valence-corrected chi connectivity index (χ2v) is 13.7. The largest absolute Gasteiger partial charge is 0.534 e. The highest BCUT2D eigenvalue weighted by Crippen LogP contribution is 2.40. The van der Waals surface area contributed by atoms with Gasteiger partial charge in [-0.05, 0) is 37.0 Å². The van der Waals surface area contributed by atoms with Crippen LogP contribution in [0.1, 0.15) is 0 Å². The molecular weight excluding hydrogens is 487 g/mol. The number of nitro groups is 1. The molecule has 0 saturated heterocycles. The number of benzene rings is 1. The van der Waals surface area contributed by atoms with Crippen LogP contribution in [0.4, 0.5) is 18.9 Å². The van der Waals surface area contributed by atoms with Crippen molar-refractivity contribution in [3.8, 4) is 17.0 Å². The van der Waals surface area contributed by atoms with Gasteiger partial charge in [0.25, 0.3) is 0 Å². The van der Waals surface area contributed by atoms with Crippen LogP contribution in [0.25, 0.3) is 11.3 Å². The van der Waals surface area contributed by atoms with Gasteiger partial charge in [0.05, 0.1) is 17.1 Å². The summed E-state index contributed by atoms with van der Waals surface area (Å²) in [7, 11) is -6.90. The average molecular weight is 506 g/mol. The molecule has 0 radical (unpaired) electrons. The molecule has 2 aromatic rings. The van der Waals surface area contributed by atoms with Crippen LogP contribution in [0.15, 0.2) is 24.4 Å². The maximum absolute atomic E-state index is 12.8. The van der Waals surface area contributed by atoms with E-state index < -0.39 is 42.0 Å². The summed E-state index contributed by atoms with van der Waals surface area (Å²) in [5, 5.41) is 15.3. The minimum absolute atomic E-state index is 0.0222. The molecule has 0 aliphatic carbocycles. The van der Waals surface area contributed by atoms with Crippen LogP contribution in [0.5, 0.6) is 5.75 Å². The van der Waals surface area contributed by atoms with E-state index in [-0.39, 0.29) is 23.0 Å². The van der Waals surface area contributed by atoms with Crippen molar-refractivity contribution in [1.29, 1.82) is 0 Å². The number of halogens is 4. The zero-order valence-electron chi connectivity index (χ0n) is 16.6. The van der Waals surface area contributed by atoms with Gasteiger partial charge in [-0.2, -0.15) is 26.7 Å². The smallest absolute Gasteiger partial charge is 0.375 e. The molecule has 0 atom stereocenters. The number of rotatable bonds is 9. The van der Waals surface area contributed by atoms with E-state index in [1.165, 1.54) is 0 Å². The fraction of sp³-hybridized carbons (Fsp3) is 0.438. The van der Waals surface area contributed by atoms with Gasteiger partial charge in [0.1, 0.15) is 12.9 Å². The first-order valence-electron chi connectivity index (χ1n) is 8.37. The standard InChI is InChI=1S/C16H19ClF3N3O6S2/c1-30(2,3)7-6-28-10-22-15(13(9-21-22)23(24)25)12-8-11(17)4-5-14(12)29-31(26,27)16(18,19)20/h4-5,8-9H,6-7,10H2,1-3H3. The molecule has 1 heterocycles. The summed E-state index contributed by atoms with van der Waals surface area (Å²) >= 11 is 5.90. The summed E-state index contributed by atoms with van der Waals surface area (Å²) in [5.41, 5.74) is -6.98. The Morgan fingerprint density at radius 2 is 1.90 bits per heavy atom. The topological polar surface area (TPSA) is 114 Å². The van der Waals surface area contributed by atoms with E-state index in [2.05, 4.69) is 28.0 Å². The van der Waals surface area contributed by atoms with Gasteiger partial charge in [-0.15, -0.1) is 0 Å². The van der Waals surface area contributed by atoms with Crippen LogP contribution in [0.2, 0.25) is 5.02 Å². The molecule has 174 valence electrons. The van der Waals surface area contributed by atoms with Crippen molar-refractivity contribution >= 4 is 37.4 Å². The van der Waals surface area contributed by atoms with Crippen LogP contribution in [0, 0.1) is 10.1 Å². The minimum atomic E-state index is -6.03. The normalized spacial score (nSPS) is 13.3. The maximum Gasteiger partial charge on any atom is 0.534 e. The molecular formula is C16H19ClF3N3O6S2.